The van der Waals surface area contributed by atoms with Crippen LogP contribution >= 0.6 is 34.4 Å². The Balaban J connectivity index is 1.57. The van der Waals surface area contributed by atoms with Gasteiger partial charge in [0.15, 0.2) is 5.16 Å². The van der Waals surface area contributed by atoms with Gasteiger partial charge in [-0.2, -0.15) is 5.26 Å². The van der Waals surface area contributed by atoms with E-state index in [1.165, 1.54) is 23.1 Å². The lowest BCUT2D eigenvalue weighted by molar-refractivity contribution is -0.120. The molecule has 0 saturated heterocycles. The van der Waals surface area contributed by atoms with Crippen molar-refractivity contribution in [2.45, 2.75) is 56.3 Å². The van der Waals surface area contributed by atoms with E-state index in [9.17, 15) is 14.9 Å². The second-order valence-electron chi connectivity index (χ2n) is 7.34. The molecule has 3 heterocycles. The van der Waals surface area contributed by atoms with E-state index in [1.54, 1.807) is 15.9 Å². The second kappa shape index (κ2) is 8.92. The number of carbonyl (C=O) groups excluding carboxylic acids is 1. The number of carbonyl (C=O) groups is 1. The first kappa shape index (κ1) is 21.1. The third kappa shape index (κ3) is 4.04. The van der Waals surface area contributed by atoms with E-state index in [1.807, 2.05) is 29.8 Å². The molecule has 1 aliphatic rings. The number of nitriles is 1. The fourth-order valence-electron chi connectivity index (χ4n) is 3.86. The van der Waals surface area contributed by atoms with Crippen molar-refractivity contribution in [2.24, 2.45) is 0 Å². The molecule has 3 aromatic heterocycles. The molecule has 0 spiro atoms. The molecule has 1 amide bonds. The SMILES string of the molecule is CCn1c(SCC(=O)NC2(C#N)CCCCC2)nc2scc(-c3cccs3)c2c1=O. The number of nitrogens with zero attached hydrogens (tertiary/aromatic N) is 3. The summed E-state index contributed by atoms with van der Waals surface area (Å²) in [5.74, 6) is -0.0595. The third-order valence-electron chi connectivity index (χ3n) is 5.39. The van der Waals surface area contributed by atoms with Crippen molar-refractivity contribution >= 4 is 50.6 Å². The van der Waals surface area contributed by atoms with Gasteiger partial charge in [0.25, 0.3) is 5.56 Å². The van der Waals surface area contributed by atoms with Crippen molar-refractivity contribution in [2.75, 3.05) is 5.75 Å². The Labute approximate surface area is 186 Å². The van der Waals surface area contributed by atoms with Crippen LogP contribution in [-0.4, -0.2) is 26.8 Å². The van der Waals surface area contributed by atoms with Gasteiger partial charge >= 0.3 is 0 Å². The van der Waals surface area contributed by atoms with E-state index >= 15 is 0 Å². The Morgan fingerprint density at radius 2 is 2.17 bits per heavy atom. The maximum Gasteiger partial charge on any atom is 0.263 e. The first-order chi connectivity index (χ1) is 14.6. The molecule has 0 aliphatic heterocycles. The highest BCUT2D eigenvalue weighted by Crippen LogP contribution is 2.34. The third-order valence-corrected chi connectivity index (χ3v) is 8.15. The molecule has 156 valence electrons. The van der Waals surface area contributed by atoms with Crippen molar-refractivity contribution in [1.29, 1.82) is 5.26 Å². The van der Waals surface area contributed by atoms with Crippen molar-refractivity contribution in [3.05, 3.63) is 33.2 Å². The van der Waals surface area contributed by atoms with Crippen LogP contribution in [0.2, 0.25) is 0 Å². The Hall–Kier alpha value is -2.15. The molecule has 30 heavy (non-hydrogen) atoms. The first-order valence-corrected chi connectivity index (χ1v) is 12.7. The first-order valence-electron chi connectivity index (χ1n) is 9.98. The fraction of sp³-hybridized carbons (Fsp3) is 0.429. The molecule has 9 heteroatoms. The highest BCUT2D eigenvalue weighted by molar-refractivity contribution is 7.99. The largest absolute Gasteiger partial charge is 0.337 e. The monoisotopic (exact) mass is 458 g/mol. The molecule has 1 saturated carbocycles. The topological polar surface area (TPSA) is 87.8 Å². The highest BCUT2D eigenvalue weighted by Gasteiger charge is 2.33. The van der Waals surface area contributed by atoms with Crippen LogP contribution in [-0.2, 0) is 11.3 Å². The Morgan fingerprint density at radius 1 is 1.37 bits per heavy atom. The molecule has 0 unspecified atom stereocenters. The molecule has 1 aliphatic carbocycles. The molecule has 1 fully saturated rings. The minimum atomic E-state index is -0.749. The number of amides is 1. The van der Waals surface area contributed by atoms with Gasteiger partial charge in [-0.25, -0.2) is 4.98 Å². The van der Waals surface area contributed by atoms with Gasteiger partial charge in [0, 0.05) is 22.4 Å². The summed E-state index contributed by atoms with van der Waals surface area (Å²) in [6, 6.07) is 6.28. The number of aromatic nitrogens is 2. The van der Waals surface area contributed by atoms with Crippen LogP contribution in [0.5, 0.6) is 0 Å². The van der Waals surface area contributed by atoms with Gasteiger partial charge in [0.05, 0.1) is 17.2 Å². The van der Waals surface area contributed by atoms with E-state index in [0.29, 0.717) is 34.8 Å². The Bertz CT molecular complexity index is 1150. The lowest BCUT2D eigenvalue weighted by atomic mass is 9.83. The number of fused-ring (bicyclic) bond motifs is 1. The fourth-order valence-corrected chi connectivity index (χ4v) is 6.53. The van der Waals surface area contributed by atoms with Crippen LogP contribution in [0.1, 0.15) is 39.0 Å². The maximum atomic E-state index is 13.2. The van der Waals surface area contributed by atoms with Crippen LogP contribution in [0.25, 0.3) is 20.7 Å². The van der Waals surface area contributed by atoms with E-state index in [-0.39, 0.29) is 17.2 Å². The van der Waals surface area contributed by atoms with Gasteiger partial charge in [-0.3, -0.25) is 14.2 Å². The summed E-state index contributed by atoms with van der Waals surface area (Å²) in [7, 11) is 0. The van der Waals surface area contributed by atoms with Gasteiger partial charge in [0.2, 0.25) is 5.91 Å². The molecule has 6 nitrogen and oxygen atoms in total. The van der Waals surface area contributed by atoms with Crippen LogP contribution in [0, 0.1) is 11.3 Å². The minimum absolute atomic E-state index is 0.0733. The predicted octanol–water partition coefficient (Wildman–Crippen LogP) is 4.64. The molecule has 0 aromatic carbocycles. The quantitative estimate of drug-likeness (QED) is 0.429. The number of rotatable bonds is 6. The van der Waals surface area contributed by atoms with Crippen molar-refractivity contribution in [3.63, 3.8) is 0 Å². The lowest BCUT2D eigenvalue weighted by Crippen LogP contribution is -2.49. The Morgan fingerprint density at radius 3 is 2.83 bits per heavy atom. The van der Waals surface area contributed by atoms with Gasteiger partial charge in [-0.15, -0.1) is 22.7 Å². The molecule has 0 atom stereocenters. The zero-order chi connectivity index (χ0) is 21.1. The van der Waals surface area contributed by atoms with E-state index in [2.05, 4.69) is 11.4 Å². The minimum Gasteiger partial charge on any atom is -0.337 e. The molecule has 1 N–H and O–H groups in total. The normalized spacial score (nSPS) is 15.7. The summed E-state index contributed by atoms with van der Waals surface area (Å²) in [6.45, 7) is 2.39. The van der Waals surface area contributed by atoms with Gasteiger partial charge < -0.3 is 5.32 Å². The smallest absolute Gasteiger partial charge is 0.263 e. The maximum absolute atomic E-state index is 13.2. The molecular weight excluding hydrogens is 436 g/mol. The highest BCUT2D eigenvalue weighted by atomic mass is 32.2. The predicted molar refractivity (Wildman–Crippen MR) is 123 cm³/mol. The van der Waals surface area contributed by atoms with Gasteiger partial charge in [-0.1, -0.05) is 37.1 Å². The van der Waals surface area contributed by atoms with Gasteiger partial charge in [0.1, 0.15) is 10.4 Å². The standard InChI is InChI=1S/C21H22N4O2S3/c1-2-25-19(27)17-14(15-7-6-10-28-15)11-29-18(17)23-20(25)30-12-16(26)24-21(13-22)8-4-3-5-9-21/h6-7,10-11H,2-5,8-9,12H2,1H3,(H,24,26). The molecule has 0 bridgehead atoms. The van der Waals surface area contributed by atoms with Gasteiger partial charge in [-0.05, 0) is 31.2 Å². The van der Waals surface area contributed by atoms with Crippen LogP contribution in [0.3, 0.4) is 0 Å². The zero-order valence-corrected chi connectivity index (χ0v) is 19.1. The molecule has 0 radical (unpaired) electrons. The Kier molecular flexibility index (Phi) is 6.27. The number of thioether (sulfide) groups is 1. The van der Waals surface area contributed by atoms with E-state index in [4.69, 9.17) is 4.98 Å². The number of hydrogen-bond donors (Lipinski definition) is 1. The summed E-state index contributed by atoms with van der Waals surface area (Å²) in [6.07, 6.45) is 4.42. The molecule has 4 rings (SSSR count). The van der Waals surface area contributed by atoms with Crippen molar-refractivity contribution < 1.29 is 4.79 Å². The number of thiophene rings is 2. The van der Waals surface area contributed by atoms with Crippen LogP contribution < -0.4 is 10.9 Å². The van der Waals surface area contributed by atoms with E-state index < -0.39 is 5.54 Å². The summed E-state index contributed by atoms with van der Waals surface area (Å²) in [5.41, 5.74) is 0.101. The molecule has 3 aromatic rings. The number of nitrogens with one attached hydrogen (secondary N) is 1. The average molecular weight is 459 g/mol. The van der Waals surface area contributed by atoms with E-state index in [0.717, 1.165) is 29.7 Å². The lowest BCUT2D eigenvalue weighted by Gasteiger charge is -2.31. The molecular formula is C21H22N4O2S3. The van der Waals surface area contributed by atoms with Crippen molar-refractivity contribution in [1.82, 2.24) is 14.9 Å². The zero-order valence-electron chi connectivity index (χ0n) is 16.6. The summed E-state index contributed by atoms with van der Waals surface area (Å²) in [5, 5.41) is 17.7. The van der Waals surface area contributed by atoms with Crippen LogP contribution in [0.15, 0.2) is 32.8 Å². The summed E-state index contributed by atoms with van der Waals surface area (Å²) < 4.78 is 1.63. The second-order valence-corrected chi connectivity index (χ2v) is 10.1. The summed E-state index contributed by atoms with van der Waals surface area (Å²) in [4.78, 5) is 32.2. The average Bonchev–Trinajstić information content (AvgIpc) is 3.43. The summed E-state index contributed by atoms with van der Waals surface area (Å²) >= 11 is 4.30. The van der Waals surface area contributed by atoms with Crippen LogP contribution in [0.4, 0.5) is 0 Å². The number of hydrogen-bond acceptors (Lipinski definition) is 7. The van der Waals surface area contributed by atoms with Crippen molar-refractivity contribution in [3.8, 4) is 16.5 Å².